The van der Waals surface area contributed by atoms with Gasteiger partial charge in [0, 0.05) is 24.4 Å². The first-order valence-electron chi connectivity index (χ1n) is 8.88. The van der Waals surface area contributed by atoms with Gasteiger partial charge in [-0.2, -0.15) is 0 Å². The molecule has 0 spiro atoms. The van der Waals surface area contributed by atoms with Crippen LogP contribution in [0.5, 0.6) is 0 Å². The van der Waals surface area contributed by atoms with Crippen molar-refractivity contribution in [2.45, 2.75) is 47.5 Å². The highest BCUT2D eigenvalue weighted by Gasteiger charge is 2.32. The van der Waals surface area contributed by atoms with Gasteiger partial charge in [-0.3, -0.25) is 9.59 Å². The summed E-state index contributed by atoms with van der Waals surface area (Å²) >= 11 is 1.13. The number of aromatic nitrogens is 1. The van der Waals surface area contributed by atoms with Crippen LogP contribution in [0.15, 0.2) is 0 Å². The number of rotatable bonds is 4. The molecule has 0 unspecified atom stereocenters. The number of nitrogens with one attached hydrogen (secondary N) is 1. The van der Waals surface area contributed by atoms with Gasteiger partial charge in [0.1, 0.15) is 4.88 Å². The summed E-state index contributed by atoms with van der Waals surface area (Å²) in [5, 5.41) is 3.21. The lowest BCUT2D eigenvalue weighted by Gasteiger charge is -2.35. The van der Waals surface area contributed by atoms with Gasteiger partial charge < -0.3 is 15.0 Å². The normalized spacial score (nSPS) is 15.7. The molecule has 2 amide bonds. The molecule has 0 aliphatic carbocycles. The molecule has 0 atom stereocenters. The van der Waals surface area contributed by atoms with E-state index in [1.54, 1.807) is 13.8 Å². The molecule has 1 aliphatic rings. The Morgan fingerprint density at radius 1 is 1.27 bits per heavy atom. The summed E-state index contributed by atoms with van der Waals surface area (Å²) < 4.78 is 4.99. The van der Waals surface area contributed by atoms with Gasteiger partial charge in [0.2, 0.25) is 11.8 Å². The predicted octanol–water partition coefficient (Wildman–Crippen LogP) is 2.85. The van der Waals surface area contributed by atoms with Crippen molar-refractivity contribution in [2.75, 3.05) is 25.0 Å². The Morgan fingerprint density at radius 3 is 2.42 bits per heavy atom. The molecule has 144 valence electrons. The van der Waals surface area contributed by atoms with Crippen LogP contribution in [0.2, 0.25) is 0 Å². The number of esters is 1. The van der Waals surface area contributed by atoms with Crippen LogP contribution in [-0.4, -0.2) is 47.4 Å². The minimum Gasteiger partial charge on any atom is -0.462 e. The third-order valence-corrected chi connectivity index (χ3v) is 5.34. The fourth-order valence-corrected chi connectivity index (χ4v) is 3.73. The quantitative estimate of drug-likeness (QED) is 0.810. The van der Waals surface area contributed by atoms with E-state index in [0.29, 0.717) is 48.2 Å². The van der Waals surface area contributed by atoms with E-state index in [9.17, 15) is 14.4 Å². The van der Waals surface area contributed by atoms with E-state index >= 15 is 0 Å². The number of amides is 2. The second kappa shape index (κ2) is 8.16. The third kappa shape index (κ3) is 4.81. The second-order valence-corrected chi connectivity index (χ2v) is 8.46. The number of nitrogens with zero attached hydrogens (tertiary/aromatic N) is 2. The first-order valence-corrected chi connectivity index (χ1v) is 9.70. The van der Waals surface area contributed by atoms with Crippen molar-refractivity contribution >= 4 is 34.3 Å². The van der Waals surface area contributed by atoms with E-state index in [2.05, 4.69) is 10.3 Å². The summed E-state index contributed by atoms with van der Waals surface area (Å²) in [5.74, 6) is -0.575. The molecule has 7 nitrogen and oxygen atoms in total. The summed E-state index contributed by atoms with van der Waals surface area (Å²) in [4.78, 5) is 43.1. The second-order valence-electron chi connectivity index (χ2n) is 7.46. The first-order chi connectivity index (χ1) is 12.1. The van der Waals surface area contributed by atoms with Crippen LogP contribution in [0.3, 0.4) is 0 Å². The van der Waals surface area contributed by atoms with Gasteiger partial charge in [-0.1, -0.05) is 32.1 Å². The minimum atomic E-state index is -0.419. The molecular weight excluding hydrogens is 354 g/mol. The van der Waals surface area contributed by atoms with Gasteiger partial charge in [0.25, 0.3) is 0 Å². The number of carbonyl (C=O) groups excluding carboxylic acids is 3. The van der Waals surface area contributed by atoms with Gasteiger partial charge >= 0.3 is 5.97 Å². The Labute approximate surface area is 158 Å². The lowest BCUT2D eigenvalue weighted by Crippen LogP contribution is -2.45. The largest absolute Gasteiger partial charge is 0.462 e. The smallest absolute Gasteiger partial charge is 0.350 e. The molecule has 2 heterocycles. The Morgan fingerprint density at radius 2 is 1.88 bits per heavy atom. The van der Waals surface area contributed by atoms with Crippen molar-refractivity contribution in [1.82, 2.24) is 9.88 Å². The summed E-state index contributed by atoms with van der Waals surface area (Å²) in [6, 6.07) is 0. The number of hydrogen-bond acceptors (Lipinski definition) is 6. The fraction of sp³-hybridized carbons (Fsp3) is 0.667. The molecule has 0 aromatic carbocycles. The zero-order chi connectivity index (χ0) is 19.5. The van der Waals surface area contributed by atoms with Crippen LogP contribution in [-0.2, 0) is 14.3 Å². The third-order valence-electron chi connectivity index (χ3n) is 4.28. The standard InChI is InChI=1S/C18H27N3O4S/c1-6-25-15(23)13-11(2)19-17(26-13)20-14(22)12-7-9-21(10-8-12)16(24)18(3,4)5/h12H,6-10H2,1-5H3,(H,19,20,22). The molecule has 1 aliphatic heterocycles. The van der Waals surface area contributed by atoms with Gasteiger partial charge in [-0.05, 0) is 26.7 Å². The maximum Gasteiger partial charge on any atom is 0.350 e. The Hall–Kier alpha value is -1.96. The molecule has 1 aromatic heterocycles. The SMILES string of the molecule is CCOC(=O)c1sc(NC(=O)C2CCN(C(=O)C(C)(C)C)CC2)nc1C. The number of anilines is 1. The highest BCUT2D eigenvalue weighted by atomic mass is 32.1. The van der Waals surface area contributed by atoms with E-state index in [0.717, 1.165) is 11.3 Å². The zero-order valence-corrected chi connectivity index (χ0v) is 16.9. The molecule has 0 radical (unpaired) electrons. The van der Waals surface area contributed by atoms with E-state index in [1.807, 2.05) is 25.7 Å². The number of carbonyl (C=O) groups is 3. The van der Waals surface area contributed by atoms with E-state index in [1.165, 1.54) is 0 Å². The van der Waals surface area contributed by atoms with Gasteiger partial charge in [-0.15, -0.1) is 0 Å². The monoisotopic (exact) mass is 381 g/mol. The van der Waals surface area contributed by atoms with Crippen molar-refractivity contribution in [3.05, 3.63) is 10.6 Å². The van der Waals surface area contributed by atoms with Gasteiger partial charge in [0.05, 0.1) is 12.3 Å². The van der Waals surface area contributed by atoms with Gasteiger partial charge in [0.15, 0.2) is 5.13 Å². The number of ether oxygens (including phenoxy) is 1. The zero-order valence-electron chi connectivity index (χ0n) is 16.0. The molecule has 0 bridgehead atoms. The Kier molecular flexibility index (Phi) is 6.39. The molecule has 1 saturated heterocycles. The minimum absolute atomic E-state index is 0.114. The van der Waals surface area contributed by atoms with E-state index < -0.39 is 11.4 Å². The summed E-state index contributed by atoms with van der Waals surface area (Å²) in [5.41, 5.74) is 0.145. The average Bonchev–Trinajstić information content (AvgIpc) is 2.94. The van der Waals surface area contributed by atoms with Crippen LogP contribution in [0, 0.1) is 18.3 Å². The highest BCUT2D eigenvalue weighted by molar-refractivity contribution is 7.17. The van der Waals surface area contributed by atoms with Crippen LogP contribution in [0.25, 0.3) is 0 Å². The number of aryl methyl sites for hydroxylation is 1. The predicted molar refractivity (Wildman–Crippen MR) is 100 cm³/mol. The average molecular weight is 381 g/mol. The van der Waals surface area contributed by atoms with Crippen LogP contribution < -0.4 is 5.32 Å². The molecular formula is C18H27N3O4S. The number of thiazole rings is 1. The van der Waals surface area contributed by atoms with Crippen molar-refractivity contribution < 1.29 is 19.1 Å². The van der Waals surface area contributed by atoms with Crippen molar-refractivity contribution in [1.29, 1.82) is 0 Å². The number of piperidine rings is 1. The number of likely N-dealkylation sites (tertiary alicyclic amines) is 1. The fourth-order valence-electron chi connectivity index (χ4n) is 2.86. The molecule has 0 saturated carbocycles. The van der Waals surface area contributed by atoms with Crippen molar-refractivity contribution in [3.63, 3.8) is 0 Å². The maximum absolute atomic E-state index is 12.5. The maximum atomic E-state index is 12.5. The first kappa shape index (κ1) is 20.4. The van der Waals surface area contributed by atoms with Gasteiger partial charge in [-0.25, -0.2) is 9.78 Å². The topological polar surface area (TPSA) is 88.6 Å². The van der Waals surface area contributed by atoms with Crippen molar-refractivity contribution in [2.24, 2.45) is 11.3 Å². The van der Waals surface area contributed by atoms with Crippen LogP contribution in [0.1, 0.15) is 55.9 Å². The molecule has 2 rings (SSSR count). The summed E-state index contributed by atoms with van der Waals surface area (Å²) in [6.45, 7) is 10.6. The molecule has 8 heteroatoms. The van der Waals surface area contributed by atoms with Crippen LogP contribution >= 0.6 is 11.3 Å². The van der Waals surface area contributed by atoms with E-state index in [4.69, 9.17) is 4.74 Å². The van der Waals surface area contributed by atoms with Crippen molar-refractivity contribution in [3.8, 4) is 0 Å². The number of hydrogen-bond donors (Lipinski definition) is 1. The summed E-state index contributed by atoms with van der Waals surface area (Å²) in [6.07, 6.45) is 1.26. The molecule has 1 fully saturated rings. The molecule has 1 N–H and O–H groups in total. The lowest BCUT2D eigenvalue weighted by molar-refractivity contribution is -0.142. The Bertz CT molecular complexity index is 685. The van der Waals surface area contributed by atoms with Crippen LogP contribution in [0.4, 0.5) is 5.13 Å². The van der Waals surface area contributed by atoms with E-state index in [-0.39, 0.29) is 17.7 Å². The highest BCUT2D eigenvalue weighted by Crippen LogP contribution is 2.27. The summed E-state index contributed by atoms with van der Waals surface area (Å²) in [7, 11) is 0. The lowest BCUT2D eigenvalue weighted by atomic mass is 9.91. The Balaban J connectivity index is 1.93. The molecule has 26 heavy (non-hydrogen) atoms. The molecule has 1 aromatic rings.